The second-order valence-electron chi connectivity index (χ2n) is 7.03. The van der Waals surface area contributed by atoms with E-state index in [0.29, 0.717) is 0 Å². The van der Waals surface area contributed by atoms with Gasteiger partial charge in [0.2, 0.25) is 0 Å². The van der Waals surface area contributed by atoms with Crippen LogP contribution in [0.4, 0.5) is 0 Å². The van der Waals surface area contributed by atoms with Crippen molar-refractivity contribution in [2.45, 2.75) is 19.9 Å². The van der Waals surface area contributed by atoms with Crippen molar-refractivity contribution in [3.8, 4) is 0 Å². The summed E-state index contributed by atoms with van der Waals surface area (Å²) in [5.41, 5.74) is 7.52. The Kier molecular flexibility index (Phi) is 7.04. The van der Waals surface area contributed by atoms with Crippen LogP contribution in [0.3, 0.4) is 0 Å². The predicted octanol–water partition coefficient (Wildman–Crippen LogP) is 2.83. The van der Waals surface area contributed by atoms with Crippen molar-refractivity contribution in [1.29, 1.82) is 0 Å². The third-order valence-electron chi connectivity index (χ3n) is 4.61. The summed E-state index contributed by atoms with van der Waals surface area (Å²) < 4.78 is 25.9. The number of carbonyl (C=O) groups excluding carboxylic acids is 1. The monoisotopic (exact) mass is 427 g/mol. The average molecular weight is 428 g/mol. The summed E-state index contributed by atoms with van der Waals surface area (Å²) in [5.74, 6) is -0.654. The molecule has 2 aromatic carbocycles. The summed E-state index contributed by atoms with van der Waals surface area (Å²) in [4.78, 5) is 14.9. The van der Waals surface area contributed by atoms with Crippen LogP contribution in [0.2, 0.25) is 0 Å². The number of benzene rings is 2. The van der Waals surface area contributed by atoms with Gasteiger partial charge >= 0.3 is 0 Å². The van der Waals surface area contributed by atoms with Crippen molar-refractivity contribution in [2.24, 2.45) is 0 Å². The molecule has 0 saturated heterocycles. The Morgan fingerprint density at radius 2 is 1.87 bits per heavy atom. The lowest BCUT2D eigenvalue weighted by molar-refractivity contribution is -0.122. The Labute approximate surface area is 176 Å². The lowest BCUT2D eigenvalue weighted by Gasteiger charge is -2.06. The summed E-state index contributed by atoms with van der Waals surface area (Å²) in [6.07, 6.45) is 4.59. The van der Waals surface area contributed by atoms with Gasteiger partial charge in [0.15, 0.2) is 0 Å². The average Bonchev–Trinajstić information content (AvgIpc) is 3.03. The van der Waals surface area contributed by atoms with Gasteiger partial charge in [-0.25, -0.2) is 5.48 Å². The first-order valence-corrected chi connectivity index (χ1v) is 11.4. The highest BCUT2D eigenvalue weighted by molar-refractivity contribution is 7.85. The van der Waals surface area contributed by atoms with Gasteiger partial charge < -0.3 is 10.3 Å². The van der Waals surface area contributed by atoms with Crippen LogP contribution in [0.15, 0.2) is 54.6 Å². The smallest absolute Gasteiger partial charge is 0.285 e. The molecule has 7 nitrogen and oxygen atoms in total. The number of amides is 1. The van der Waals surface area contributed by atoms with Crippen molar-refractivity contribution in [1.82, 2.24) is 15.8 Å². The van der Waals surface area contributed by atoms with E-state index in [4.69, 9.17) is 0 Å². The number of hydrogen-bond acceptors (Lipinski definition) is 5. The molecule has 0 radical (unpaired) electrons. The molecule has 0 saturated carbocycles. The molecule has 1 amide bonds. The SMILES string of the molecule is Cc1[nH]c2ccccc2c1CCNCc1ccc(/C=C/C(=O)NOS(C)(=O)=O)cc1. The van der Waals surface area contributed by atoms with E-state index in [9.17, 15) is 13.2 Å². The zero-order valence-electron chi connectivity index (χ0n) is 16.9. The highest BCUT2D eigenvalue weighted by Crippen LogP contribution is 2.21. The first-order valence-electron chi connectivity index (χ1n) is 9.54. The van der Waals surface area contributed by atoms with Crippen LogP contribution in [-0.4, -0.2) is 32.1 Å². The molecule has 3 N–H and O–H groups in total. The van der Waals surface area contributed by atoms with Crippen molar-refractivity contribution in [2.75, 3.05) is 12.8 Å². The third-order valence-corrected chi connectivity index (χ3v) is 4.99. The molecule has 3 aromatic rings. The Morgan fingerprint density at radius 1 is 1.13 bits per heavy atom. The van der Waals surface area contributed by atoms with E-state index < -0.39 is 16.0 Å². The molecule has 8 heteroatoms. The van der Waals surface area contributed by atoms with Crippen LogP contribution < -0.4 is 10.8 Å². The molecule has 3 rings (SSSR count). The van der Waals surface area contributed by atoms with E-state index >= 15 is 0 Å². The van der Waals surface area contributed by atoms with Gasteiger partial charge in [0.05, 0.1) is 6.26 Å². The van der Waals surface area contributed by atoms with Gasteiger partial charge in [-0.1, -0.05) is 42.5 Å². The van der Waals surface area contributed by atoms with Gasteiger partial charge in [0.25, 0.3) is 16.0 Å². The van der Waals surface area contributed by atoms with E-state index in [1.54, 1.807) is 6.08 Å². The Morgan fingerprint density at radius 3 is 2.60 bits per heavy atom. The normalized spacial score (nSPS) is 11.9. The Hall–Kier alpha value is -2.94. The van der Waals surface area contributed by atoms with Crippen LogP contribution in [0.1, 0.15) is 22.4 Å². The van der Waals surface area contributed by atoms with E-state index in [2.05, 4.69) is 39.7 Å². The highest BCUT2D eigenvalue weighted by Gasteiger charge is 2.07. The number of hydroxylamine groups is 1. The summed E-state index contributed by atoms with van der Waals surface area (Å²) in [7, 11) is -3.72. The first kappa shape index (κ1) is 21.8. The zero-order valence-corrected chi connectivity index (χ0v) is 17.8. The number of nitrogens with one attached hydrogen (secondary N) is 3. The number of hydrogen-bond donors (Lipinski definition) is 3. The van der Waals surface area contributed by atoms with Crippen LogP contribution >= 0.6 is 0 Å². The largest absolute Gasteiger partial charge is 0.358 e. The maximum atomic E-state index is 11.5. The van der Waals surface area contributed by atoms with Crippen LogP contribution in [-0.2, 0) is 32.2 Å². The number of H-pyrrole nitrogens is 1. The molecule has 0 unspecified atom stereocenters. The number of aryl methyl sites for hydroxylation is 1. The van der Waals surface area contributed by atoms with Gasteiger partial charge in [-0.2, -0.15) is 8.42 Å². The van der Waals surface area contributed by atoms with Gasteiger partial charge in [0.1, 0.15) is 0 Å². The molecule has 1 aromatic heterocycles. The molecular weight excluding hydrogens is 402 g/mol. The second-order valence-corrected chi connectivity index (χ2v) is 8.60. The number of para-hydroxylation sites is 1. The summed E-state index contributed by atoms with van der Waals surface area (Å²) in [6.45, 7) is 3.72. The van der Waals surface area contributed by atoms with E-state index in [0.717, 1.165) is 36.9 Å². The lowest BCUT2D eigenvalue weighted by atomic mass is 10.1. The fourth-order valence-electron chi connectivity index (χ4n) is 3.17. The van der Waals surface area contributed by atoms with Gasteiger partial charge in [-0.05, 0) is 48.7 Å². The Balaban J connectivity index is 1.46. The molecule has 0 aliphatic rings. The van der Waals surface area contributed by atoms with Crippen LogP contribution in [0.25, 0.3) is 17.0 Å². The van der Waals surface area contributed by atoms with E-state index in [-0.39, 0.29) is 0 Å². The molecule has 30 heavy (non-hydrogen) atoms. The van der Waals surface area contributed by atoms with Crippen molar-refractivity contribution < 1.29 is 17.5 Å². The minimum absolute atomic E-state index is 0.654. The fourth-order valence-corrected chi connectivity index (χ4v) is 3.41. The lowest BCUT2D eigenvalue weighted by Crippen LogP contribution is -2.24. The highest BCUT2D eigenvalue weighted by atomic mass is 32.2. The summed E-state index contributed by atoms with van der Waals surface area (Å²) >= 11 is 0. The second kappa shape index (κ2) is 9.71. The topological polar surface area (TPSA) is 100 Å². The van der Waals surface area contributed by atoms with Gasteiger partial charge in [0, 0.05) is 29.2 Å². The predicted molar refractivity (Wildman–Crippen MR) is 118 cm³/mol. The molecule has 0 aliphatic heterocycles. The van der Waals surface area contributed by atoms with E-state index in [1.807, 2.05) is 35.8 Å². The fraction of sp³-hybridized carbons (Fsp3) is 0.227. The zero-order chi connectivity index (χ0) is 21.6. The Bertz CT molecular complexity index is 1150. The first-order chi connectivity index (χ1) is 14.3. The minimum Gasteiger partial charge on any atom is -0.358 e. The number of aromatic nitrogens is 1. The molecule has 158 valence electrons. The molecule has 0 aliphatic carbocycles. The molecule has 0 atom stereocenters. The quantitative estimate of drug-likeness (QED) is 0.277. The van der Waals surface area contributed by atoms with Gasteiger partial charge in [-0.15, -0.1) is 4.28 Å². The van der Waals surface area contributed by atoms with E-state index in [1.165, 1.54) is 28.2 Å². The molecule has 0 fully saturated rings. The molecule has 1 heterocycles. The molecular formula is C22H25N3O4S. The molecule has 0 spiro atoms. The van der Waals surface area contributed by atoms with Crippen molar-refractivity contribution in [3.63, 3.8) is 0 Å². The van der Waals surface area contributed by atoms with Crippen molar-refractivity contribution >= 4 is 33.0 Å². The van der Waals surface area contributed by atoms with Crippen LogP contribution in [0.5, 0.6) is 0 Å². The third kappa shape index (κ3) is 6.28. The maximum absolute atomic E-state index is 11.5. The summed E-state index contributed by atoms with van der Waals surface area (Å²) in [6, 6.07) is 16.1. The molecule has 0 bridgehead atoms. The number of fused-ring (bicyclic) bond motifs is 1. The van der Waals surface area contributed by atoms with Crippen molar-refractivity contribution in [3.05, 3.63) is 77.0 Å². The van der Waals surface area contributed by atoms with Gasteiger partial charge in [-0.3, -0.25) is 4.79 Å². The standard InChI is InChI=1S/C22H25N3O4S/c1-16-19(20-5-3-4-6-21(20)24-16)13-14-23-15-18-9-7-17(8-10-18)11-12-22(26)25-29-30(2,27)28/h3-12,23-24H,13-15H2,1-2H3,(H,25,26)/b12-11+. The number of rotatable bonds is 9. The summed E-state index contributed by atoms with van der Waals surface area (Å²) in [5, 5.41) is 4.74. The number of carbonyl (C=O) groups is 1. The minimum atomic E-state index is -3.72. The maximum Gasteiger partial charge on any atom is 0.285 e. The van der Waals surface area contributed by atoms with Crippen LogP contribution in [0, 0.1) is 6.92 Å². The number of aromatic amines is 1.